The number of nitrogens with one attached hydrogen (secondary N) is 1. The van der Waals surface area contributed by atoms with E-state index in [0.29, 0.717) is 16.7 Å². The third-order valence-corrected chi connectivity index (χ3v) is 4.11. The summed E-state index contributed by atoms with van der Waals surface area (Å²) in [6.07, 6.45) is 0. The first-order valence-corrected chi connectivity index (χ1v) is 7.35. The van der Waals surface area contributed by atoms with Crippen molar-refractivity contribution in [2.75, 3.05) is 5.32 Å². The van der Waals surface area contributed by atoms with Crippen LogP contribution in [0.3, 0.4) is 0 Å². The highest BCUT2D eigenvalue weighted by molar-refractivity contribution is 7.16. The van der Waals surface area contributed by atoms with Crippen LogP contribution in [-0.2, 0) is 0 Å². The number of hydrogen-bond acceptors (Lipinski definition) is 5. The topological polar surface area (TPSA) is 55.1 Å². The van der Waals surface area contributed by atoms with Crippen LogP contribution < -0.4 is 5.32 Å². The lowest BCUT2D eigenvalue weighted by Gasteiger charge is -1.97. The highest BCUT2D eigenvalue weighted by Crippen LogP contribution is 2.28. The summed E-state index contributed by atoms with van der Waals surface area (Å²) >= 11 is 3.02. The minimum atomic E-state index is -0.278. The Morgan fingerprint density at radius 1 is 1.32 bits per heavy atom. The fraction of sp³-hybridized carbons (Fsp3) is 0.0769. The summed E-state index contributed by atoms with van der Waals surface area (Å²) in [5.74, 6) is 0.731. The van der Waals surface area contributed by atoms with Gasteiger partial charge in [-0.15, -0.1) is 22.7 Å². The highest BCUT2D eigenvalue weighted by atomic mass is 32.1. The summed E-state index contributed by atoms with van der Waals surface area (Å²) in [5, 5.41) is 7.23. The molecule has 96 valence electrons. The average Bonchev–Trinajstić information content (AvgIpc) is 3.07. The summed E-state index contributed by atoms with van der Waals surface area (Å²) in [6.45, 7) is 1.80. The lowest BCUT2D eigenvalue weighted by molar-refractivity contribution is 0.0995. The van der Waals surface area contributed by atoms with E-state index >= 15 is 0 Å². The van der Waals surface area contributed by atoms with Crippen molar-refractivity contribution in [1.29, 1.82) is 0 Å². The van der Waals surface area contributed by atoms with Gasteiger partial charge in [-0.25, -0.2) is 4.98 Å². The largest absolute Gasteiger partial charge is 0.456 e. The molecular formula is C13H10N2O2S2. The van der Waals surface area contributed by atoms with E-state index in [4.69, 9.17) is 4.42 Å². The number of thiophene rings is 1. The zero-order valence-electron chi connectivity index (χ0n) is 10.0. The number of amides is 1. The first-order valence-electron chi connectivity index (χ1n) is 5.59. The summed E-state index contributed by atoms with van der Waals surface area (Å²) in [7, 11) is 0. The Hall–Kier alpha value is -1.92. The maximum absolute atomic E-state index is 11.9. The van der Waals surface area contributed by atoms with Crippen LogP contribution in [0.2, 0.25) is 0 Å². The van der Waals surface area contributed by atoms with Crippen LogP contribution in [0.25, 0.3) is 10.6 Å². The fourth-order valence-corrected chi connectivity index (χ4v) is 3.05. The molecule has 0 unspecified atom stereocenters. The van der Waals surface area contributed by atoms with Gasteiger partial charge in [-0.05, 0) is 30.5 Å². The zero-order valence-corrected chi connectivity index (χ0v) is 11.7. The maximum Gasteiger partial charge on any atom is 0.293 e. The molecule has 0 atom stereocenters. The van der Waals surface area contributed by atoms with Crippen molar-refractivity contribution in [3.8, 4) is 10.6 Å². The molecule has 0 aliphatic rings. The number of nitrogens with zero attached hydrogens (tertiary/aromatic N) is 1. The number of aryl methyl sites for hydroxylation is 1. The van der Waals surface area contributed by atoms with Gasteiger partial charge in [0, 0.05) is 5.38 Å². The molecular weight excluding hydrogens is 280 g/mol. The number of aromatic nitrogens is 1. The second-order valence-electron chi connectivity index (χ2n) is 3.88. The second kappa shape index (κ2) is 4.99. The number of anilines is 1. The molecule has 3 aromatic heterocycles. The van der Waals surface area contributed by atoms with E-state index in [2.05, 4.69) is 10.3 Å². The van der Waals surface area contributed by atoms with Gasteiger partial charge in [0.05, 0.1) is 10.6 Å². The molecule has 6 heteroatoms. The quantitative estimate of drug-likeness (QED) is 0.792. The SMILES string of the molecule is Cc1ccc(C(=O)Nc2nc(-c3cccs3)cs2)o1. The fourth-order valence-electron chi connectivity index (χ4n) is 1.58. The third kappa shape index (κ3) is 2.59. The standard InChI is InChI=1S/C13H10N2O2S2/c1-8-4-5-10(17-8)12(16)15-13-14-9(7-19-13)11-3-2-6-18-11/h2-7H,1H3,(H,14,15,16). The molecule has 3 heterocycles. The van der Waals surface area contributed by atoms with Crippen molar-refractivity contribution < 1.29 is 9.21 Å². The number of carbonyl (C=O) groups excluding carboxylic acids is 1. The van der Waals surface area contributed by atoms with Gasteiger partial charge in [0.2, 0.25) is 0 Å². The summed E-state index contributed by atoms with van der Waals surface area (Å²) < 4.78 is 5.26. The molecule has 0 saturated carbocycles. The molecule has 3 aromatic rings. The van der Waals surface area contributed by atoms with Gasteiger partial charge < -0.3 is 4.42 Å². The van der Waals surface area contributed by atoms with Crippen LogP contribution in [0, 0.1) is 6.92 Å². The van der Waals surface area contributed by atoms with E-state index in [-0.39, 0.29) is 5.91 Å². The van der Waals surface area contributed by atoms with E-state index in [1.165, 1.54) is 11.3 Å². The van der Waals surface area contributed by atoms with Crippen LogP contribution in [0.1, 0.15) is 16.3 Å². The highest BCUT2D eigenvalue weighted by Gasteiger charge is 2.13. The molecule has 1 amide bonds. The normalized spacial score (nSPS) is 10.6. The van der Waals surface area contributed by atoms with E-state index < -0.39 is 0 Å². The Bertz CT molecular complexity index is 698. The Labute approximate surface area is 117 Å². The molecule has 0 fully saturated rings. The third-order valence-electron chi connectivity index (χ3n) is 2.46. The molecule has 0 saturated heterocycles. The van der Waals surface area contributed by atoms with Crippen molar-refractivity contribution in [3.05, 3.63) is 46.5 Å². The second-order valence-corrected chi connectivity index (χ2v) is 5.69. The number of thiazole rings is 1. The number of furan rings is 1. The molecule has 0 radical (unpaired) electrons. The molecule has 3 rings (SSSR count). The van der Waals surface area contributed by atoms with Crippen LogP contribution >= 0.6 is 22.7 Å². The molecule has 1 N–H and O–H groups in total. The van der Waals surface area contributed by atoms with E-state index in [1.54, 1.807) is 30.4 Å². The molecule has 0 aliphatic carbocycles. The van der Waals surface area contributed by atoms with E-state index in [0.717, 1.165) is 10.6 Å². The van der Waals surface area contributed by atoms with Crippen molar-refractivity contribution >= 4 is 33.7 Å². The van der Waals surface area contributed by atoms with Crippen LogP contribution in [0.4, 0.5) is 5.13 Å². The van der Waals surface area contributed by atoms with Crippen LogP contribution in [0.15, 0.2) is 39.4 Å². The van der Waals surface area contributed by atoms with Crippen LogP contribution in [0.5, 0.6) is 0 Å². The Morgan fingerprint density at radius 2 is 2.21 bits per heavy atom. The first-order chi connectivity index (χ1) is 9.22. The van der Waals surface area contributed by atoms with E-state index in [1.807, 2.05) is 22.9 Å². The van der Waals surface area contributed by atoms with Gasteiger partial charge in [0.1, 0.15) is 5.76 Å². The van der Waals surface area contributed by atoms with Crippen molar-refractivity contribution in [2.24, 2.45) is 0 Å². The lowest BCUT2D eigenvalue weighted by Crippen LogP contribution is -2.10. The zero-order chi connectivity index (χ0) is 13.2. The number of rotatable bonds is 3. The smallest absolute Gasteiger partial charge is 0.293 e. The molecule has 4 nitrogen and oxygen atoms in total. The molecule has 0 bridgehead atoms. The van der Waals surface area contributed by atoms with Gasteiger partial charge >= 0.3 is 0 Å². The van der Waals surface area contributed by atoms with Gasteiger partial charge in [-0.3, -0.25) is 10.1 Å². The minimum Gasteiger partial charge on any atom is -0.456 e. The van der Waals surface area contributed by atoms with Crippen molar-refractivity contribution in [3.63, 3.8) is 0 Å². The van der Waals surface area contributed by atoms with Gasteiger partial charge in [-0.2, -0.15) is 0 Å². The monoisotopic (exact) mass is 290 g/mol. The summed E-state index contributed by atoms with van der Waals surface area (Å²) in [4.78, 5) is 17.4. The number of hydrogen-bond donors (Lipinski definition) is 1. The van der Waals surface area contributed by atoms with Gasteiger partial charge in [-0.1, -0.05) is 6.07 Å². The first kappa shape index (κ1) is 12.1. The van der Waals surface area contributed by atoms with Crippen molar-refractivity contribution in [1.82, 2.24) is 4.98 Å². The van der Waals surface area contributed by atoms with Crippen molar-refractivity contribution in [2.45, 2.75) is 6.92 Å². The number of carbonyl (C=O) groups is 1. The molecule has 0 aromatic carbocycles. The summed E-state index contributed by atoms with van der Waals surface area (Å²) in [6, 6.07) is 7.39. The minimum absolute atomic E-state index is 0.278. The average molecular weight is 290 g/mol. The van der Waals surface area contributed by atoms with Gasteiger partial charge in [0.25, 0.3) is 5.91 Å². The van der Waals surface area contributed by atoms with Gasteiger partial charge in [0.15, 0.2) is 10.9 Å². The maximum atomic E-state index is 11.9. The predicted molar refractivity (Wildman–Crippen MR) is 76.8 cm³/mol. The summed E-state index contributed by atoms with van der Waals surface area (Å²) in [5.41, 5.74) is 0.880. The Kier molecular flexibility index (Phi) is 3.18. The Morgan fingerprint density at radius 3 is 2.89 bits per heavy atom. The lowest BCUT2D eigenvalue weighted by atomic mass is 10.4. The predicted octanol–water partition coefficient (Wildman–Crippen LogP) is 4.03. The molecule has 0 spiro atoms. The Balaban J connectivity index is 1.76. The van der Waals surface area contributed by atoms with E-state index in [9.17, 15) is 4.79 Å². The molecule has 19 heavy (non-hydrogen) atoms. The van der Waals surface area contributed by atoms with Crippen LogP contribution in [-0.4, -0.2) is 10.9 Å². The molecule has 0 aliphatic heterocycles.